The number of carbonyl (C=O) groups excluding carboxylic acids is 1. The van der Waals surface area contributed by atoms with Crippen LogP contribution < -0.4 is 14.8 Å². The first-order valence-corrected chi connectivity index (χ1v) is 11.2. The number of amides is 1. The molecule has 3 aromatic rings. The van der Waals surface area contributed by atoms with E-state index in [0.717, 1.165) is 5.56 Å². The zero-order valence-corrected chi connectivity index (χ0v) is 18.3. The molecular weight excluding hydrogens is 436 g/mol. The van der Waals surface area contributed by atoms with Gasteiger partial charge in [0, 0.05) is 22.0 Å². The van der Waals surface area contributed by atoms with E-state index in [1.54, 1.807) is 55.7 Å². The van der Waals surface area contributed by atoms with Gasteiger partial charge < -0.3 is 10.1 Å². The van der Waals surface area contributed by atoms with E-state index in [1.165, 1.54) is 24.3 Å². The summed E-state index contributed by atoms with van der Waals surface area (Å²) in [6.07, 6.45) is 2.30. The number of sulfonamides is 1. The molecule has 0 aliphatic rings. The minimum atomic E-state index is -3.77. The zero-order chi connectivity index (χ0) is 22.4. The molecule has 0 aliphatic heterocycles. The lowest BCUT2D eigenvalue weighted by Gasteiger charge is -2.11. The molecule has 0 heterocycles. The van der Waals surface area contributed by atoms with Gasteiger partial charge >= 0.3 is 0 Å². The number of halogens is 1. The van der Waals surface area contributed by atoms with Gasteiger partial charge in [-0.15, -0.1) is 6.58 Å². The standard InChI is InChI=1S/C23H21ClN2O4S/c1-3-4-16-15-17(5-14-22(16)30-2)23(27)25-19-10-12-21(13-11-19)31(28,29)26-20-8-6-18(24)7-9-20/h3,5-15,26H,1,4H2,2H3,(H,25,27). The maximum absolute atomic E-state index is 12.6. The SMILES string of the molecule is C=CCc1cc(C(=O)Nc2ccc(S(=O)(=O)Nc3ccc(Cl)cc3)cc2)ccc1OC. The monoisotopic (exact) mass is 456 g/mol. The van der Waals surface area contributed by atoms with Crippen LogP contribution >= 0.6 is 11.6 Å². The Kier molecular flexibility index (Phi) is 6.99. The molecule has 0 saturated carbocycles. The Balaban J connectivity index is 1.72. The van der Waals surface area contributed by atoms with E-state index in [4.69, 9.17) is 16.3 Å². The first-order chi connectivity index (χ1) is 14.8. The smallest absolute Gasteiger partial charge is 0.261 e. The van der Waals surface area contributed by atoms with Crippen molar-refractivity contribution in [2.45, 2.75) is 11.3 Å². The average molecular weight is 457 g/mol. The Morgan fingerprint density at radius 1 is 1.03 bits per heavy atom. The number of carbonyl (C=O) groups is 1. The van der Waals surface area contributed by atoms with Gasteiger partial charge in [0.05, 0.1) is 12.0 Å². The summed E-state index contributed by atoms with van der Waals surface area (Å²) >= 11 is 5.82. The number of hydrogen-bond donors (Lipinski definition) is 2. The third-order valence-corrected chi connectivity index (χ3v) is 6.07. The Bertz CT molecular complexity index is 1190. The molecule has 0 atom stereocenters. The Morgan fingerprint density at radius 2 is 1.68 bits per heavy atom. The topological polar surface area (TPSA) is 84.5 Å². The van der Waals surface area contributed by atoms with Crippen LogP contribution in [0.2, 0.25) is 5.02 Å². The summed E-state index contributed by atoms with van der Waals surface area (Å²) in [5.41, 5.74) is 2.17. The van der Waals surface area contributed by atoms with Crippen molar-refractivity contribution in [2.75, 3.05) is 17.1 Å². The Hall–Kier alpha value is -3.29. The molecule has 0 bridgehead atoms. The first-order valence-electron chi connectivity index (χ1n) is 9.30. The first kappa shape index (κ1) is 22.4. The molecule has 3 aromatic carbocycles. The maximum Gasteiger partial charge on any atom is 0.261 e. The summed E-state index contributed by atoms with van der Waals surface area (Å²) < 4.78 is 32.9. The van der Waals surface area contributed by atoms with Gasteiger partial charge in [0.1, 0.15) is 5.75 Å². The van der Waals surface area contributed by atoms with E-state index >= 15 is 0 Å². The van der Waals surface area contributed by atoms with Gasteiger partial charge in [0.2, 0.25) is 0 Å². The summed E-state index contributed by atoms with van der Waals surface area (Å²) in [5, 5.41) is 3.27. The number of methoxy groups -OCH3 is 1. The Morgan fingerprint density at radius 3 is 2.29 bits per heavy atom. The van der Waals surface area contributed by atoms with Crippen molar-refractivity contribution >= 4 is 38.9 Å². The van der Waals surface area contributed by atoms with Crippen LogP contribution in [0.5, 0.6) is 5.75 Å². The quantitative estimate of drug-likeness (QED) is 0.460. The normalized spacial score (nSPS) is 10.9. The van der Waals surface area contributed by atoms with Gasteiger partial charge in [-0.1, -0.05) is 17.7 Å². The highest BCUT2D eigenvalue weighted by Gasteiger charge is 2.15. The van der Waals surface area contributed by atoms with Gasteiger partial charge in [-0.05, 0) is 78.7 Å². The molecule has 6 nitrogen and oxygen atoms in total. The molecular formula is C23H21ClN2O4S. The molecule has 2 N–H and O–H groups in total. The zero-order valence-electron chi connectivity index (χ0n) is 16.8. The molecule has 31 heavy (non-hydrogen) atoms. The van der Waals surface area contributed by atoms with Crippen LogP contribution in [0.3, 0.4) is 0 Å². The predicted molar refractivity (Wildman–Crippen MR) is 124 cm³/mol. The van der Waals surface area contributed by atoms with Crippen LogP contribution in [0.25, 0.3) is 0 Å². The lowest BCUT2D eigenvalue weighted by Crippen LogP contribution is -2.14. The number of allylic oxidation sites excluding steroid dienone is 1. The number of rotatable bonds is 8. The van der Waals surface area contributed by atoms with Crippen LogP contribution in [-0.2, 0) is 16.4 Å². The largest absolute Gasteiger partial charge is 0.496 e. The summed E-state index contributed by atoms with van der Waals surface area (Å²) in [6.45, 7) is 3.72. The van der Waals surface area contributed by atoms with E-state index in [1.807, 2.05) is 0 Å². The fourth-order valence-electron chi connectivity index (χ4n) is 2.89. The van der Waals surface area contributed by atoms with E-state index in [0.29, 0.717) is 34.1 Å². The minimum Gasteiger partial charge on any atom is -0.496 e. The van der Waals surface area contributed by atoms with Crippen LogP contribution in [-0.4, -0.2) is 21.4 Å². The van der Waals surface area contributed by atoms with Crippen molar-refractivity contribution < 1.29 is 17.9 Å². The lowest BCUT2D eigenvalue weighted by atomic mass is 10.1. The summed E-state index contributed by atoms with van der Waals surface area (Å²) in [6, 6.07) is 17.4. The molecule has 3 rings (SSSR count). The number of ether oxygens (including phenoxy) is 1. The van der Waals surface area contributed by atoms with Crippen LogP contribution in [0, 0.1) is 0 Å². The van der Waals surface area contributed by atoms with E-state index < -0.39 is 10.0 Å². The molecule has 0 aromatic heterocycles. The van der Waals surface area contributed by atoms with Gasteiger partial charge in [-0.25, -0.2) is 8.42 Å². The third kappa shape index (κ3) is 5.65. The van der Waals surface area contributed by atoms with Crippen molar-refractivity contribution in [1.82, 2.24) is 0 Å². The number of anilines is 2. The second kappa shape index (κ2) is 9.68. The molecule has 1 amide bonds. The molecule has 0 fully saturated rings. The van der Waals surface area contributed by atoms with Crippen LogP contribution in [0.4, 0.5) is 11.4 Å². The third-order valence-electron chi connectivity index (χ3n) is 4.43. The molecule has 0 spiro atoms. The van der Waals surface area contributed by atoms with E-state index in [-0.39, 0.29) is 10.8 Å². The molecule has 160 valence electrons. The molecule has 0 radical (unpaired) electrons. The van der Waals surface area contributed by atoms with Gasteiger partial charge in [-0.3, -0.25) is 9.52 Å². The molecule has 0 unspecified atom stereocenters. The minimum absolute atomic E-state index is 0.0677. The fraction of sp³-hybridized carbons (Fsp3) is 0.0870. The van der Waals surface area contributed by atoms with E-state index in [2.05, 4.69) is 16.6 Å². The van der Waals surface area contributed by atoms with E-state index in [9.17, 15) is 13.2 Å². The number of hydrogen-bond acceptors (Lipinski definition) is 4. The van der Waals surface area contributed by atoms with Crippen molar-refractivity contribution in [3.05, 3.63) is 95.5 Å². The second-order valence-corrected chi connectivity index (χ2v) is 8.73. The predicted octanol–water partition coefficient (Wildman–Crippen LogP) is 5.13. The molecule has 8 heteroatoms. The number of nitrogens with one attached hydrogen (secondary N) is 2. The highest BCUT2D eigenvalue weighted by atomic mass is 35.5. The maximum atomic E-state index is 12.6. The lowest BCUT2D eigenvalue weighted by molar-refractivity contribution is 0.102. The van der Waals surface area contributed by atoms with Crippen molar-refractivity contribution in [3.63, 3.8) is 0 Å². The van der Waals surface area contributed by atoms with Crippen LogP contribution in [0.15, 0.2) is 84.3 Å². The summed E-state index contributed by atoms with van der Waals surface area (Å²) in [4.78, 5) is 12.7. The fourth-order valence-corrected chi connectivity index (χ4v) is 4.07. The van der Waals surface area contributed by atoms with Gasteiger partial charge in [0.15, 0.2) is 0 Å². The molecule has 0 aliphatic carbocycles. The van der Waals surface area contributed by atoms with Crippen molar-refractivity contribution in [2.24, 2.45) is 0 Å². The van der Waals surface area contributed by atoms with Crippen LogP contribution in [0.1, 0.15) is 15.9 Å². The molecule has 0 saturated heterocycles. The highest BCUT2D eigenvalue weighted by Crippen LogP contribution is 2.23. The van der Waals surface area contributed by atoms with Crippen molar-refractivity contribution in [3.8, 4) is 5.75 Å². The summed E-state index contributed by atoms with van der Waals surface area (Å²) in [5.74, 6) is 0.363. The summed E-state index contributed by atoms with van der Waals surface area (Å²) in [7, 11) is -2.20. The second-order valence-electron chi connectivity index (χ2n) is 6.61. The van der Waals surface area contributed by atoms with Gasteiger partial charge in [0.25, 0.3) is 15.9 Å². The average Bonchev–Trinajstić information content (AvgIpc) is 2.76. The Labute approximate surface area is 186 Å². The van der Waals surface area contributed by atoms with Gasteiger partial charge in [-0.2, -0.15) is 0 Å². The van der Waals surface area contributed by atoms with Crippen molar-refractivity contribution in [1.29, 1.82) is 0 Å². The highest BCUT2D eigenvalue weighted by molar-refractivity contribution is 7.92. The number of benzene rings is 3.